The first-order valence-corrected chi connectivity index (χ1v) is 6.46. The SMILES string of the molecule is C#CCCOc1nc(Cl)nc2sc(CC)cc12. The maximum atomic E-state index is 5.85. The van der Waals surface area contributed by atoms with Gasteiger partial charge in [0.1, 0.15) is 11.4 Å². The molecule has 2 rings (SSSR count). The van der Waals surface area contributed by atoms with Gasteiger partial charge >= 0.3 is 0 Å². The van der Waals surface area contributed by atoms with E-state index in [1.807, 2.05) is 6.07 Å². The maximum absolute atomic E-state index is 5.85. The summed E-state index contributed by atoms with van der Waals surface area (Å²) in [6.45, 7) is 2.54. The predicted molar refractivity (Wildman–Crippen MR) is 70.7 cm³/mol. The molecule has 5 heteroatoms. The lowest BCUT2D eigenvalue weighted by molar-refractivity contribution is 0.318. The quantitative estimate of drug-likeness (QED) is 0.484. The smallest absolute Gasteiger partial charge is 0.227 e. The molecule has 2 aromatic heterocycles. The zero-order valence-electron chi connectivity index (χ0n) is 9.36. The summed E-state index contributed by atoms with van der Waals surface area (Å²) in [5.74, 6) is 3.04. The summed E-state index contributed by atoms with van der Waals surface area (Å²) in [4.78, 5) is 10.4. The second-order valence-corrected chi connectivity index (χ2v) is 4.84. The van der Waals surface area contributed by atoms with E-state index in [2.05, 4.69) is 22.8 Å². The lowest BCUT2D eigenvalue weighted by Crippen LogP contribution is -1.99. The van der Waals surface area contributed by atoms with Gasteiger partial charge in [0.25, 0.3) is 0 Å². The van der Waals surface area contributed by atoms with Crippen LogP contribution in [0.3, 0.4) is 0 Å². The van der Waals surface area contributed by atoms with Crippen LogP contribution < -0.4 is 4.74 Å². The van der Waals surface area contributed by atoms with E-state index in [9.17, 15) is 0 Å². The van der Waals surface area contributed by atoms with Crippen LogP contribution in [0.4, 0.5) is 0 Å². The number of hydrogen-bond donors (Lipinski definition) is 0. The highest BCUT2D eigenvalue weighted by Crippen LogP contribution is 2.31. The summed E-state index contributed by atoms with van der Waals surface area (Å²) in [6.07, 6.45) is 6.68. The fourth-order valence-electron chi connectivity index (χ4n) is 1.41. The normalized spacial score (nSPS) is 10.4. The average Bonchev–Trinajstić information content (AvgIpc) is 2.72. The summed E-state index contributed by atoms with van der Waals surface area (Å²) in [5, 5.41) is 1.12. The highest BCUT2D eigenvalue weighted by molar-refractivity contribution is 7.18. The number of terminal acetylenes is 1. The number of thiophene rings is 1. The van der Waals surface area contributed by atoms with Gasteiger partial charge in [0.15, 0.2) is 0 Å². The lowest BCUT2D eigenvalue weighted by atomic mass is 10.3. The molecule has 0 N–H and O–H groups in total. The van der Waals surface area contributed by atoms with Crippen LogP contribution in [0.2, 0.25) is 5.28 Å². The third-order valence-electron chi connectivity index (χ3n) is 2.22. The number of halogens is 1. The molecule has 0 saturated carbocycles. The first-order valence-electron chi connectivity index (χ1n) is 5.26. The number of fused-ring (bicyclic) bond motifs is 1. The van der Waals surface area contributed by atoms with Crippen LogP contribution in [-0.2, 0) is 6.42 Å². The average molecular weight is 267 g/mol. The molecule has 2 heterocycles. The Morgan fingerprint density at radius 2 is 2.35 bits per heavy atom. The first kappa shape index (κ1) is 12.2. The number of hydrogen-bond acceptors (Lipinski definition) is 4. The minimum Gasteiger partial charge on any atom is -0.476 e. The maximum Gasteiger partial charge on any atom is 0.227 e. The second-order valence-electron chi connectivity index (χ2n) is 3.39. The van der Waals surface area contributed by atoms with E-state index < -0.39 is 0 Å². The highest BCUT2D eigenvalue weighted by atomic mass is 35.5. The number of rotatable bonds is 4. The Morgan fingerprint density at radius 3 is 3.06 bits per heavy atom. The molecule has 0 atom stereocenters. The van der Waals surface area contributed by atoms with Crippen LogP contribution in [0, 0.1) is 12.3 Å². The zero-order chi connectivity index (χ0) is 12.3. The van der Waals surface area contributed by atoms with Crippen LogP contribution in [0.15, 0.2) is 6.07 Å². The molecule has 0 aromatic carbocycles. The fourth-order valence-corrected chi connectivity index (χ4v) is 2.58. The summed E-state index contributed by atoms with van der Waals surface area (Å²) >= 11 is 7.46. The van der Waals surface area contributed by atoms with Crippen molar-refractivity contribution in [2.24, 2.45) is 0 Å². The fraction of sp³-hybridized carbons (Fsp3) is 0.333. The van der Waals surface area contributed by atoms with Crippen molar-refractivity contribution >= 4 is 33.2 Å². The van der Waals surface area contributed by atoms with E-state index in [4.69, 9.17) is 22.8 Å². The summed E-state index contributed by atoms with van der Waals surface area (Å²) in [6, 6.07) is 2.04. The van der Waals surface area contributed by atoms with Crippen molar-refractivity contribution < 1.29 is 4.74 Å². The minimum absolute atomic E-state index is 0.206. The molecule has 0 amide bonds. The topological polar surface area (TPSA) is 35.0 Å². The van der Waals surface area contributed by atoms with E-state index in [0.717, 1.165) is 16.6 Å². The Hall–Kier alpha value is -1.31. The van der Waals surface area contributed by atoms with Gasteiger partial charge in [-0.15, -0.1) is 23.7 Å². The number of aromatic nitrogens is 2. The minimum atomic E-state index is 0.206. The lowest BCUT2D eigenvalue weighted by Gasteiger charge is -2.03. The largest absolute Gasteiger partial charge is 0.476 e. The van der Waals surface area contributed by atoms with Crippen molar-refractivity contribution in [3.05, 3.63) is 16.2 Å². The molecule has 88 valence electrons. The number of ether oxygens (including phenoxy) is 1. The Labute approximate surface area is 109 Å². The van der Waals surface area contributed by atoms with Crippen LogP contribution in [-0.4, -0.2) is 16.6 Å². The standard InChI is InChI=1S/C12H11ClN2OS/c1-3-5-6-16-10-9-7-8(4-2)17-11(9)15-12(13)14-10/h1,7H,4-6H2,2H3. The predicted octanol–water partition coefficient (Wildman–Crippen LogP) is 3.31. The Balaban J connectivity index is 2.38. The highest BCUT2D eigenvalue weighted by Gasteiger charge is 2.11. The Kier molecular flexibility index (Phi) is 3.82. The van der Waals surface area contributed by atoms with E-state index in [1.54, 1.807) is 11.3 Å². The zero-order valence-corrected chi connectivity index (χ0v) is 10.9. The van der Waals surface area contributed by atoms with Crippen molar-refractivity contribution in [3.8, 4) is 18.2 Å². The molecule has 0 bridgehead atoms. The second kappa shape index (κ2) is 5.35. The van der Waals surface area contributed by atoms with Gasteiger partial charge in [-0.05, 0) is 24.1 Å². The Bertz CT molecular complexity index is 574. The van der Waals surface area contributed by atoms with E-state index in [-0.39, 0.29) is 5.28 Å². The molecule has 0 saturated heterocycles. The number of nitrogens with zero attached hydrogens (tertiary/aromatic N) is 2. The molecule has 0 spiro atoms. The molecular weight excluding hydrogens is 256 g/mol. The molecule has 0 fully saturated rings. The summed E-state index contributed by atoms with van der Waals surface area (Å²) < 4.78 is 5.53. The van der Waals surface area contributed by atoms with Crippen molar-refractivity contribution in [2.75, 3.05) is 6.61 Å². The van der Waals surface area contributed by atoms with Gasteiger partial charge in [0.05, 0.1) is 5.39 Å². The molecule has 0 aliphatic rings. The van der Waals surface area contributed by atoms with E-state index >= 15 is 0 Å². The molecule has 0 aliphatic heterocycles. The van der Waals surface area contributed by atoms with Gasteiger partial charge in [0.2, 0.25) is 11.2 Å². The van der Waals surface area contributed by atoms with E-state index in [1.165, 1.54) is 4.88 Å². The molecule has 17 heavy (non-hydrogen) atoms. The first-order chi connectivity index (χ1) is 8.24. The third-order valence-corrected chi connectivity index (χ3v) is 3.56. The van der Waals surface area contributed by atoms with Crippen molar-refractivity contribution in [3.63, 3.8) is 0 Å². The van der Waals surface area contributed by atoms with Crippen molar-refractivity contribution in [1.29, 1.82) is 0 Å². The van der Waals surface area contributed by atoms with Crippen LogP contribution in [0.1, 0.15) is 18.2 Å². The van der Waals surface area contributed by atoms with Gasteiger partial charge in [-0.3, -0.25) is 0 Å². The van der Waals surface area contributed by atoms with Crippen LogP contribution in [0.25, 0.3) is 10.2 Å². The monoisotopic (exact) mass is 266 g/mol. The molecule has 2 aromatic rings. The van der Waals surface area contributed by atoms with Crippen molar-refractivity contribution in [2.45, 2.75) is 19.8 Å². The van der Waals surface area contributed by atoms with Crippen LogP contribution in [0.5, 0.6) is 5.88 Å². The molecule has 0 unspecified atom stereocenters. The Morgan fingerprint density at radius 1 is 1.53 bits per heavy atom. The van der Waals surface area contributed by atoms with Gasteiger partial charge in [-0.1, -0.05) is 6.92 Å². The summed E-state index contributed by atoms with van der Waals surface area (Å²) in [7, 11) is 0. The molecule has 0 radical (unpaired) electrons. The molecular formula is C12H11ClN2OS. The van der Waals surface area contributed by atoms with Crippen LogP contribution >= 0.6 is 22.9 Å². The third kappa shape index (κ3) is 2.68. The number of aryl methyl sites for hydroxylation is 1. The summed E-state index contributed by atoms with van der Waals surface area (Å²) in [5.41, 5.74) is 0. The van der Waals surface area contributed by atoms with E-state index in [0.29, 0.717) is 18.9 Å². The van der Waals surface area contributed by atoms with Gasteiger partial charge in [0, 0.05) is 11.3 Å². The van der Waals surface area contributed by atoms with Gasteiger partial charge < -0.3 is 4.74 Å². The molecule has 0 aliphatic carbocycles. The van der Waals surface area contributed by atoms with Gasteiger partial charge in [-0.25, -0.2) is 4.98 Å². The van der Waals surface area contributed by atoms with Gasteiger partial charge in [-0.2, -0.15) is 4.98 Å². The van der Waals surface area contributed by atoms with Crippen molar-refractivity contribution in [1.82, 2.24) is 9.97 Å². The molecule has 3 nitrogen and oxygen atoms in total.